The van der Waals surface area contributed by atoms with Gasteiger partial charge >= 0.3 is 0 Å². The van der Waals surface area contributed by atoms with Gasteiger partial charge in [-0.1, -0.05) is 22.9 Å². The van der Waals surface area contributed by atoms with E-state index in [-0.39, 0.29) is 24.7 Å². The Morgan fingerprint density at radius 1 is 1.08 bits per heavy atom. The molecule has 1 aromatic carbocycles. The minimum absolute atomic E-state index is 0.138. The molecular weight excluding hydrogens is 320 g/mol. The number of aryl methyl sites for hydroxylation is 4. The number of anilines is 1. The molecule has 2 aromatic rings. The fraction of sp³-hybridized carbons (Fsp3) is 0.471. The molecule has 25 heavy (non-hydrogen) atoms. The minimum atomic E-state index is -0.156. The van der Waals surface area contributed by atoms with Crippen LogP contribution in [0.1, 0.15) is 41.8 Å². The summed E-state index contributed by atoms with van der Waals surface area (Å²) in [4.78, 5) is 23.9. The highest BCUT2D eigenvalue weighted by atomic mass is 16.2. The second-order valence-corrected chi connectivity index (χ2v) is 6.10. The van der Waals surface area contributed by atoms with Gasteiger partial charge in [-0.05, 0) is 38.3 Å². The lowest BCUT2D eigenvalue weighted by molar-refractivity contribution is -0.124. The van der Waals surface area contributed by atoms with Gasteiger partial charge in [0, 0.05) is 31.5 Å². The van der Waals surface area contributed by atoms with Crippen molar-refractivity contribution in [2.45, 2.75) is 46.5 Å². The molecule has 0 saturated heterocycles. The van der Waals surface area contributed by atoms with Crippen molar-refractivity contribution in [1.82, 2.24) is 25.9 Å². The lowest BCUT2D eigenvalue weighted by atomic mass is 10.0. The van der Waals surface area contributed by atoms with E-state index in [1.54, 1.807) is 0 Å². The van der Waals surface area contributed by atoms with Crippen molar-refractivity contribution >= 4 is 17.5 Å². The maximum Gasteiger partial charge on any atom is 0.224 e. The van der Waals surface area contributed by atoms with Crippen molar-refractivity contribution in [2.75, 3.05) is 11.9 Å². The van der Waals surface area contributed by atoms with Gasteiger partial charge in [-0.15, -0.1) is 10.2 Å². The van der Waals surface area contributed by atoms with Gasteiger partial charge in [-0.25, -0.2) is 0 Å². The van der Waals surface area contributed by atoms with E-state index < -0.39 is 0 Å². The summed E-state index contributed by atoms with van der Waals surface area (Å²) in [6, 6.07) is 4.05. The Bertz CT molecular complexity index is 704. The Morgan fingerprint density at radius 2 is 1.76 bits per heavy atom. The molecule has 2 amide bonds. The van der Waals surface area contributed by atoms with Crippen LogP contribution in [0.3, 0.4) is 0 Å². The summed E-state index contributed by atoms with van der Waals surface area (Å²) in [5.74, 6) is 0.329. The predicted octanol–water partition coefficient (Wildman–Crippen LogP) is 1.59. The summed E-state index contributed by atoms with van der Waals surface area (Å²) in [6.45, 7) is 6.47. The van der Waals surface area contributed by atoms with E-state index >= 15 is 0 Å². The number of carbonyl (C=O) groups is 2. The number of nitrogens with zero attached hydrogens (tertiary/aromatic N) is 3. The number of nitrogens with one attached hydrogen (secondary N) is 3. The molecule has 0 unspecified atom stereocenters. The van der Waals surface area contributed by atoms with Crippen LogP contribution in [0, 0.1) is 20.8 Å². The van der Waals surface area contributed by atoms with Crippen LogP contribution < -0.4 is 10.6 Å². The zero-order valence-electron chi connectivity index (χ0n) is 14.8. The van der Waals surface area contributed by atoms with Crippen molar-refractivity contribution in [3.63, 3.8) is 0 Å². The average Bonchev–Trinajstić information content (AvgIpc) is 3.06. The average molecular weight is 344 g/mol. The number of aromatic nitrogens is 4. The number of aromatic amines is 1. The van der Waals surface area contributed by atoms with Crippen LogP contribution in [0.25, 0.3) is 0 Å². The molecule has 134 valence electrons. The Hall–Kier alpha value is -2.77. The van der Waals surface area contributed by atoms with Crippen molar-refractivity contribution < 1.29 is 9.59 Å². The highest BCUT2D eigenvalue weighted by Gasteiger charge is 2.10. The lowest BCUT2D eigenvalue weighted by Crippen LogP contribution is -2.26. The molecule has 0 aliphatic carbocycles. The van der Waals surface area contributed by atoms with Crippen LogP contribution in [0.4, 0.5) is 5.69 Å². The molecule has 3 N–H and O–H groups in total. The van der Waals surface area contributed by atoms with Gasteiger partial charge in [0.15, 0.2) is 5.82 Å². The van der Waals surface area contributed by atoms with Crippen LogP contribution in [0.2, 0.25) is 0 Å². The smallest absolute Gasteiger partial charge is 0.224 e. The summed E-state index contributed by atoms with van der Waals surface area (Å²) in [6.07, 6.45) is 1.68. The summed E-state index contributed by atoms with van der Waals surface area (Å²) < 4.78 is 0. The maximum atomic E-state index is 12.1. The molecule has 1 aromatic heterocycles. The van der Waals surface area contributed by atoms with Gasteiger partial charge in [-0.3, -0.25) is 9.59 Å². The fourth-order valence-corrected chi connectivity index (χ4v) is 2.66. The van der Waals surface area contributed by atoms with Crippen molar-refractivity contribution in [2.24, 2.45) is 0 Å². The van der Waals surface area contributed by atoms with Gasteiger partial charge < -0.3 is 10.6 Å². The Labute approximate surface area is 146 Å². The number of tetrazole rings is 1. The molecule has 0 saturated carbocycles. The van der Waals surface area contributed by atoms with Crippen LogP contribution in [-0.2, 0) is 16.0 Å². The summed E-state index contributed by atoms with van der Waals surface area (Å²) >= 11 is 0. The molecule has 0 spiro atoms. The van der Waals surface area contributed by atoms with E-state index in [2.05, 4.69) is 31.3 Å². The number of rotatable bonds is 8. The van der Waals surface area contributed by atoms with E-state index in [9.17, 15) is 9.59 Å². The number of hydrogen-bond acceptors (Lipinski definition) is 5. The van der Waals surface area contributed by atoms with Crippen LogP contribution in [0.15, 0.2) is 12.1 Å². The quantitative estimate of drug-likeness (QED) is 0.630. The Balaban J connectivity index is 1.68. The number of hydrogen-bond donors (Lipinski definition) is 3. The second kappa shape index (κ2) is 8.91. The van der Waals surface area contributed by atoms with E-state index in [4.69, 9.17) is 0 Å². The topological polar surface area (TPSA) is 113 Å². The largest absolute Gasteiger partial charge is 0.356 e. The van der Waals surface area contributed by atoms with Crippen LogP contribution in [-0.4, -0.2) is 39.0 Å². The van der Waals surface area contributed by atoms with E-state index in [1.165, 1.54) is 0 Å². The summed E-state index contributed by atoms with van der Waals surface area (Å²) in [7, 11) is 0. The molecule has 2 rings (SSSR count). The highest BCUT2D eigenvalue weighted by molar-refractivity contribution is 5.94. The molecule has 8 nitrogen and oxygen atoms in total. The second-order valence-electron chi connectivity index (χ2n) is 6.10. The minimum Gasteiger partial charge on any atom is -0.356 e. The van der Waals surface area contributed by atoms with Gasteiger partial charge in [0.25, 0.3) is 0 Å². The third-order valence-electron chi connectivity index (χ3n) is 3.81. The summed E-state index contributed by atoms with van der Waals surface area (Å²) in [5.41, 5.74) is 4.04. The number of benzene rings is 1. The van der Waals surface area contributed by atoms with Crippen LogP contribution >= 0.6 is 0 Å². The standard InChI is InChI=1S/C17H24N6O2/c1-11-9-12(2)17(13(3)10-11)19-16(25)7-6-15(24)18-8-4-5-14-20-22-23-21-14/h9-10H,4-8H2,1-3H3,(H,18,24)(H,19,25)(H,20,21,22,23). The molecule has 0 fully saturated rings. The van der Waals surface area contributed by atoms with E-state index in [0.29, 0.717) is 18.8 Å². The van der Waals surface area contributed by atoms with Gasteiger partial charge in [-0.2, -0.15) is 5.21 Å². The zero-order chi connectivity index (χ0) is 18.2. The fourth-order valence-electron chi connectivity index (χ4n) is 2.66. The van der Waals surface area contributed by atoms with Crippen LogP contribution in [0.5, 0.6) is 0 Å². The molecule has 0 atom stereocenters. The van der Waals surface area contributed by atoms with Gasteiger partial charge in [0.05, 0.1) is 0 Å². The first-order valence-corrected chi connectivity index (χ1v) is 8.32. The molecule has 0 bridgehead atoms. The maximum absolute atomic E-state index is 12.1. The molecular formula is C17H24N6O2. The Kier molecular flexibility index (Phi) is 6.62. The molecule has 1 heterocycles. The first-order valence-electron chi connectivity index (χ1n) is 8.32. The van der Waals surface area contributed by atoms with E-state index in [1.807, 2.05) is 32.9 Å². The van der Waals surface area contributed by atoms with Gasteiger partial charge in [0.1, 0.15) is 0 Å². The third-order valence-corrected chi connectivity index (χ3v) is 3.81. The van der Waals surface area contributed by atoms with Crippen molar-refractivity contribution in [1.29, 1.82) is 0 Å². The SMILES string of the molecule is Cc1cc(C)c(NC(=O)CCC(=O)NCCCc2nn[nH]n2)c(C)c1. The summed E-state index contributed by atoms with van der Waals surface area (Å²) in [5, 5.41) is 19.2. The van der Waals surface area contributed by atoms with E-state index in [0.717, 1.165) is 28.8 Å². The zero-order valence-corrected chi connectivity index (χ0v) is 14.8. The number of H-pyrrole nitrogens is 1. The normalized spacial score (nSPS) is 10.5. The Morgan fingerprint density at radius 3 is 2.40 bits per heavy atom. The molecule has 0 radical (unpaired) electrons. The van der Waals surface area contributed by atoms with Crippen molar-refractivity contribution in [3.05, 3.63) is 34.6 Å². The molecule has 0 aliphatic heterocycles. The molecule has 0 aliphatic rings. The first-order chi connectivity index (χ1) is 12.0. The monoisotopic (exact) mass is 344 g/mol. The lowest BCUT2D eigenvalue weighted by Gasteiger charge is -2.12. The number of amides is 2. The molecule has 8 heteroatoms. The van der Waals surface area contributed by atoms with Crippen molar-refractivity contribution in [3.8, 4) is 0 Å². The van der Waals surface area contributed by atoms with Gasteiger partial charge in [0.2, 0.25) is 11.8 Å². The number of carbonyl (C=O) groups excluding carboxylic acids is 2. The predicted molar refractivity (Wildman–Crippen MR) is 94.0 cm³/mol. The first kappa shape index (κ1) is 18.6. The third kappa shape index (κ3) is 5.98. The highest BCUT2D eigenvalue weighted by Crippen LogP contribution is 2.22.